The van der Waals surface area contributed by atoms with Crippen LogP contribution in [0.15, 0.2) is 10.9 Å². The minimum Gasteiger partial charge on any atom is -0.477 e. The Bertz CT molecular complexity index is 1170. The van der Waals surface area contributed by atoms with Gasteiger partial charge in [-0.25, -0.2) is 9.89 Å². The lowest BCUT2D eigenvalue weighted by atomic mass is 10.1. The lowest BCUT2D eigenvalue weighted by Gasteiger charge is -2.32. The lowest BCUT2D eigenvalue weighted by Crippen LogP contribution is -2.46. The Labute approximate surface area is 191 Å². The molecular formula is C23H32N5O5+. The van der Waals surface area contributed by atoms with E-state index in [1.54, 1.807) is 22.5 Å². The Kier molecular flexibility index (Phi) is 6.29. The van der Waals surface area contributed by atoms with E-state index < -0.39 is 11.5 Å². The van der Waals surface area contributed by atoms with Gasteiger partial charge in [0.25, 0.3) is 5.91 Å². The summed E-state index contributed by atoms with van der Waals surface area (Å²) in [5, 5.41) is 16.8. The number of hydrogen-bond acceptors (Lipinski definition) is 5. The van der Waals surface area contributed by atoms with Crippen molar-refractivity contribution in [3.8, 4) is 5.88 Å². The summed E-state index contributed by atoms with van der Waals surface area (Å²) in [6, 6.07) is 0.0260. The first-order valence-electron chi connectivity index (χ1n) is 11.5. The van der Waals surface area contributed by atoms with Gasteiger partial charge < -0.3 is 20.1 Å². The van der Waals surface area contributed by atoms with Crippen molar-refractivity contribution in [2.45, 2.75) is 59.2 Å². The highest BCUT2D eigenvalue weighted by Crippen LogP contribution is 2.22. The van der Waals surface area contributed by atoms with Crippen LogP contribution in [-0.4, -0.2) is 63.3 Å². The highest BCUT2D eigenvalue weighted by Gasteiger charge is 2.35. The minimum atomic E-state index is -0.628. The first-order chi connectivity index (χ1) is 15.7. The molecule has 0 aromatic carbocycles. The van der Waals surface area contributed by atoms with Crippen LogP contribution < -0.4 is 15.4 Å². The average molecular weight is 459 g/mol. The standard InChI is InChI=1S/C23H31N5O5/c1-13(2)11-27-21-17(7-8-18(29)26-9-10-33-12-14(26)3)15(4)25-28(21)23(32)19(22(27)31)20(30)24-16-5-6-16/h7-8,13-14,16H,5-6,9-12H2,1-4H3,(H2,24,30,31,32)/p+1/b8-7+/t14-/m0/s1. The van der Waals surface area contributed by atoms with Gasteiger partial charge in [-0.05, 0) is 38.7 Å². The van der Waals surface area contributed by atoms with E-state index in [2.05, 4.69) is 10.4 Å². The van der Waals surface area contributed by atoms with E-state index in [4.69, 9.17) is 4.74 Å². The Morgan fingerprint density at radius 1 is 1.36 bits per heavy atom. The minimum absolute atomic E-state index is 0.0231. The van der Waals surface area contributed by atoms with Crippen LogP contribution in [0.4, 0.5) is 0 Å². The molecule has 1 saturated heterocycles. The second kappa shape index (κ2) is 9.01. The van der Waals surface area contributed by atoms with Gasteiger partial charge in [0.15, 0.2) is 0 Å². The molecule has 0 unspecified atom stereocenters. The molecule has 0 radical (unpaired) electrons. The van der Waals surface area contributed by atoms with Gasteiger partial charge in [0.1, 0.15) is 0 Å². The van der Waals surface area contributed by atoms with Gasteiger partial charge in [-0.2, -0.15) is 4.57 Å². The zero-order valence-electron chi connectivity index (χ0n) is 19.6. The van der Waals surface area contributed by atoms with E-state index in [-0.39, 0.29) is 35.4 Å². The molecule has 1 aliphatic heterocycles. The monoisotopic (exact) mass is 458 g/mol. The lowest BCUT2D eigenvalue weighted by molar-refractivity contribution is -0.686. The molecule has 2 fully saturated rings. The highest BCUT2D eigenvalue weighted by molar-refractivity contribution is 5.96. The number of aromatic amines is 1. The summed E-state index contributed by atoms with van der Waals surface area (Å²) in [7, 11) is 0. The molecule has 2 aromatic rings. The van der Waals surface area contributed by atoms with Crippen molar-refractivity contribution in [2.24, 2.45) is 5.92 Å². The number of morpholine rings is 1. The number of carbonyl (C=O) groups is 2. The molecule has 2 aliphatic rings. The Hall–Kier alpha value is -3.14. The maximum absolute atomic E-state index is 13.2. The van der Waals surface area contributed by atoms with E-state index >= 15 is 0 Å². The van der Waals surface area contributed by atoms with Crippen LogP contribution in [0.5, 0.6) is 5.88 Å². The van der Waals surface area contributed by atoms with Crippen molar-refractivity contribution in [3.63, 3.8) is 0 Å². The number of rotatable bonds is 6. The van der Waals surface area contributed by atoms with E-state index in [0.29, 0.717) is 43.2 Å². The summed E-state index contributed by atoms with van der Waals surface area (Å²) < 4.78 is 8.25. The van der Waals surface area contributed by atoms with Crippen LogP contribution in [-0.2, 0) is 16.1 Å². The molecule has 3 heterocycles. The van der Waals surface area contributed by atoms with Gasteiger partial charge in [-0.15, -0.1) is 0 Å². The molecule has 3 N–H and O–H groups in total. The number of nitrogens with one attached hydrogen (secondary N) is 2. The van der Waals surface area contributed by atoms with Crippen LogP contribution in [0, 0.1) is 12.8 Å². The number of carbonyl (C=O) groups excluding carboxylic acids is 2. The van der Waals surface area contributed by atoms with Crippen LogP contribution in [0.25, 0.3) is 11.7 Å². The third kappa shape index (κ3) is 4.52. The van der Waals surface area contributed by atoms with Crippen molar-refractivity contribution >= 4 is 23.5 Å². The quantitative estimate of drug-likeness (QED) is 0.436. The molecule has 4 rings (SSSR count). The van der Waals surface area contributed by atoms with Gasteiger partial charge in [0, 0.05) is 18.7 Å². The Balaban J connectivity index is 1.80. The number of hydrogen-bond donors (Lipinski definition) is 3. The molecule has 178 valence electrons. The maximum Gasteiger partial charge on any atom is 0.378 e. The first kappa shape index (κ1) is 23.0. The summed E-state index contributed by atoms with van der Waals surface area (Å²) in [4.78, 5) is 40.5. The van der Waals surface area contributed by atoms with Gasteiger partial charge in [0.2, 0.25) is 11.5 Å². The van der Waals surface area contributed by atoms with Crippen molar-refractivity contribution in [2.75, 3.05) is 19.8 Å². The van der Waals surface area contributed by atoms with E-state index in [1.165, 1.54) is 10.6 Å². The zero-order chi connectivity index (χ0) is 23.9. The number of ether oxygens (including phenoxy) is 1. The van der Waals surface area contributed by atoms with Crippen molar-refractivity contribution < 1.29 is 24.0 Å². The molecule has 10 heteroatoms. The molecular weight excluding hydrogens is 426 g/mol. The van der Waals surface area contributed by atoms with Crippen LogP contribution in [0.3, 0.4) is 0 Å². The summed E-state index contributed by atoms with van der Waals surface area (Å²) in [6.45, 7) is 9.58. The predicted molar refractivity (Wildman–Crippen MR) is 121 cm³/mol. The third-order valence-corrected chi connectivity index (χ3v) is 6.02. The molecule has 1 saturated carbocycles. The summed E-state index contributed by atoms with van der Waals surface area (Å²) in [5.74, 6) is -0.960. The Morgan fingerprint density at radius 3 is 2.73 bits per heavy atom. The van der Waals surface area contributed by atoms with Gasteiger partial charge in [-0.1, -0.05) is 18.4 Å². The fourth-order valence-corrected chi connectivity index (χ4v) is 4.15. The molecule has 2 aromatic heterocycles. The molecule has 10 nitrogen and oxygen atoms in total. The largest absolute Gasteiger partial charge is 0.477 e. The molecule has 0 spiro atoms. The smallest absolute Gasteiger partial charge is 0.378 e. The second-order valence-electron chi connectivity index (χ2n) is 9.35. The van der Waals surface area contributed by atoms with Crippen molar-refractivity contribution in [1.82, 2.24) is 19.8 Å². The average Bonchev–Trinajstić information content (AvgIpc) is 3.50. The number of aromatic hydroxyl groups is 1. The molecule has 1 aliphatic carbocycles. The molecule has 33 heavy (non-hydrogen) atoms. The predicted octanol–water partition coefficient (Wildman–Crippen LogP) is 0.738. The van der Waals surface area contributed by atoms with E-state index in [9.17, 15) is 19.5 Å². The number of H-pyrrole nitrogens is 1. The summed E-state index contributed by atoms with van der Waals surface area (Å²) >= 11 is 0. The van der Waals surface area contributed by atoms with Gasteiger partial charge in [0.05, 0.1) is 37.1 Å². The topological polar surface area (TPSA) is 120 Å². The van der Waals surface area contributed by atoms with Gasteiger partial charge in [-0.3, -0.25) is 9.59 Å². The highest BCUT2D eigenvalue weighted by atomic mass is 16.5. The number of aromatic nitrogens is 3. The first-order valence-corrected chi connectivity index (χ1v) is 11.5. The van der Waals surface area contributed by atoms with Crippen LogP contribution >= 0.6 is 0 Å². The fourth-order valence-electron chi connectivity index (χ4n) is 4.15. The third-order valence-electron chi connectivity index (χ3n) is 6.02. The normalized spacial score (nSPS) is 19.1. The van der Waals surface area contributed by atoms with Crippen molar-refractivity contribution in [1.29, 1.82) is 0 Å². The number of fused-ring (bicyclic) bond motifs is 1. The Morgan fingerprint density at radius 2 is 2.09 bits per heavy atom. The second-order valence-corrected chi connectivity index (χ2v) is 9.35. The molecule has 1 atom stereocenters. The molecule has 2 amide bonds. The SMILES string of the molecule is Cc1[nH]n2c(=O)c(C(=O)NC3CC3)c(O)[n+](CC(C)C)c2c1/C=C/C(=O)N1CCOC[C@@H]1C. The molecule has 0 bridgehead atoms. The van der Waals surface area contributed by atoms with Crippen LogP contribution in [0.2, 0.25) is 0 Å². The summed E-state index contributed by atoms with van der Waals surface area (Å²) in [6.07, 6.45) is 4.88. The van der Waals surface area contributed by atoms with E-state index in [1.807, 2.05) is 20.8 Å². The number of aryl methyl sites for hydroxylation is 1. The number of amides is 2. The summed E-state index contributed by atoms with van der Waals surface area (Å²) in [5.41, 5.74) is 0.742. The van der Waals surface area contributed by atoms with Crippen molar-refractivity contribution in [3.05, 3.63) is 33.3 Å². The van der Waals surface area contributed by atoms with Gasteiger partial charge >= 0.3 is 17.1 Å². The van der Waals surface area contributed by atoms with E-state index in [0.717, 1.165) is 12.8 Å². The number of nitrogens with zero attached hydrogens (tertiary/aromatic N) is 3. The zero-order valence-corrected chi connectivity index (χ0v) is 19.6. The fraction of sp³-hybridized carbons (Fsp3) is 0.565. The maximum atomic E-state index is 13.2. The van der Waals surface area contributed by atoms with Crippen LogP contribution in [0.1, 0.15) is 55.2 Å².